The Hall–Kier alpha value is -1.81. The van der Waals surface area contributed by atoms with E-state index in [0.717, 1.165) is 26.1 Å². The third kappa shape index (κ3) is 3.64. The largest absolute Gasteiger partial charge is 0.370 e. The van der Waals surface area contributed by atoms with Crippen LogP contribution in [-0.4, -0.2) is 40.9 Å². The summed E-state index contributed by atoms with van der Waals surface area (Å²) in [7, 11) is 0. The monoisotopic (exact) mass is 366 g/mol. The molecule has 0 amide bonds. The molecule has 27 heavy (non-hydrogen) atoms. The van der Waals surface area contributed by atoms with Gasteiger partial charge in [0.05, 0.1) is 11.4 Å². The SMILES string of the molecule is CCN1CCCC(c2nn(-c3ccccc3C(C)C)c3c2CCCCN3)C1. The van der Waals surface area contributed by atoms with Crippen molar-refractivity contribution in [1.29, 1.82) is 0 Å². The molecule has 0 bridgehead atoms. The second kappa shape index (κ2) is 8.05. The first kappa shape index (κ1) is 18.5. The van der Waals surface area contributed by atoms with E-state index in [9.17, 15) is 0 Å². The highest BCUT2D eigenvalue weighted by Gasteiger charge is 2.29. The predicted molar refractivity (Wildman–Crippen MR) is 113 cm³/mol. The topological polar surface area (TPSA) is 33.1 Å². The molecule has 1 saturated heterocycles. The van der Waals surface area contributed by atoms with Gasteiger partial charge in [0.1, 0.15) is 5.82 Å². The fraction of sp³-hybridized carbons (Fsp3) is 0.609. The highest BCUT2D eigenvalue weighted by atomic mass is 15.3. The van der Waals surface area contributed by atoms with Crippen LogP contribution in [0.3, 0.4) is 0 Å². The Morgan fingerprint density at radius 2 is 2.04 bits per heavy atom. The fourth-order valence-corrected chi connectivity index (χ4v) is 4.77. The van der Waals surface area contributed by atoms with E-state index in [4.69, 9.17) is 5.10 Å². The number of nitrogens with one attached hydrogen (secondary N) is 1. The van der Waals surface area contributed by atoms with Crippen LogP contribution in [0.25, 0.3) is 5.69 Å². The molecule has 3 heterocycles. The van der Waals surface area contributed by atoms with Gasteiger partial charge in [-0.3, -0.25) is 0 Å². The lowest BCUT2D eigenvalue weighted by Gasteiger charge is -2.31. The molecule has 4 nitrogen and oxygen atoms in total. The lowest BCUT2D eigenvalue weighted by atomic mass is 9.91. The van der Waals surface area contributed by atoms with E-state index in [2.05, 4.69) is 59.9 Å². The van der Waals surface area contributed by atoms with Gasteiger partial charge in [0.2, 0.25) is 0 Å². The number of hydrogen-bond donors (Lipinski definition) is 1. The third-order valence-corrected chi connectivity index (χ3v) is 6.29. The van der Waals surface area contributed by atoms with Crippen molar-refractivity contribution in [3.8, 4) is 5.69 Å². The second-order valence-electron chi connectivity index (χ2n) is 8.45. The summed E-state index contributed by atoms with van der Waals surface area (Å²) in [5.41, 5.74) is 5.46. The highest BCUT2D eigenvalue weighted by Crippen LogP contribution is 2.37. The summed E-state index contributed by atoms with van der Waals surface area (Å²) in [4.78, 5) is 2.59. The highest BCUT2D eigenvalue weighted by molar-refractivity contribution is 5.57. The van der Waals surface area contributed by atoms with E-state index >= 15 is 0 Å². The predicted octanol–water partition coefficient (Wildman–Crippen LogP) is 4.94. The van der Waals surface area contributed by atoms with Crippen molar-refractivity contribution >= 4 is 5.82 Å². The lowest BCUT2D eigenvalue weighted by molar-refractivity contribution is 0.215. The quantitative estimate of drug-likeness (QED) is 0.832. The number of hydrogen-bond acceptors (Lipinski definition) is 3. The third-order valence-electron chi connectivity index (χ3n) is 6.29. The van der Waals surface area contributed by atoms with Crippen LogP contribution in [0.4, 0.5) is 5.82 Å². The normalized spacial score (nSPS) is 21.0. The molecule has 1 unspecified atom stereocenters. The van der Waals surface area contributed by atoms with Crippen molar-refractivity contribution < 1.29 is 0 Å². The molecule has 0 spiro atoms. The van der Waals surface area contributed by atoms with Crippen LogP contribution in [0.15, 0.2) is 24.3 Å². The van der Waals surface area contributed by atoms with Crippen LogP contribution in [0.1, 0.15) is 75.1 Å². The van der Waals surface area contributed by atoms with E-state index < -0.39 is 0 Å². The second-order valence-corrected chi connectivity index (χ2v) is 8.45. The molecule has 2 aliphatic heterocycles. The van der Waals surface area contributed by atoms with Crippen LogP contribution in [0, 0.1) is 0 Å². The first-order chi connectivity index (χ1) is 13.2. The van der Waals surface area contributed by atoms with E-state index in [1.807, 2.05) is 0 Å². The summed E-state index contributed by atoms with van der Waals surface area (Å²) in [6, 6.07) is 8.78. The molecule has 146 valence electrons. The summed E-state index contributed by atoms with van der Waals surface area (Å²) in [5.74, 6) is 2.31. The van der Waals surface area contributed by atoms with Gasteiger partial charge in [-0.05, 0) is 62.7 Å². The molecule has 1 aromatic carbocycles. The Morgan fingerprint density at radius 3 is 2.85 bits per heavy atom. The van der Waals surface area contributed by atoms with Crippen molar-refractivity contribution in [3.63, 3.8) is 0 Å². The average Bonchev–Trinajstić information content (AvgIpc) is 2.88. The first-order valence-electron chi connectivity index (χ1n) is 10.9. The van der Waals surface area contributed by atoms with Gasteiger partial charge < -0.3 is 10.2 Å². The Kier molecular flexibility index (Phi) is 5.53. The van der Waals surface area contributed by atoms with E-state index in [0.29, 0.717) is 11.8 Å². The van der Waals surface area contributed by atoms with Gasteiger partial charge in [0, 0.05) is 24.6 Å². The van der Waals surface area contributed by atoms with Crippen LogP contribution < -0.4 is 5.32 Å². The Balaban J connectivity index is 1.81. The zero-order valence-electron chi connectivity index (χ0n) is 17.2. The number of likely N-dealkylation sites (tertiary alicyclic amines) is 1. The Bertz CT molecular complexity index is 777. The molecule has 0 saturated carbocycles. The van der Waals surface area contributed by atoms with Crippen LogP contribution >= 0.6 is 0 Å². The molecule has 1 N–H and O–H groups in total. The van der Waals surface area contributed by atoms with Crippen molar-refractivity contribution in [3.05, 3.63) is 41.1 Å². The maximum Gasteiger partial charge on any atom is 0.133 e. The number of likely N-dealkylation sites (N-methyl/N-ethyl adjacent to an activating group) is 1. The average molecular weight is 367 g/mol. The Morgan fingerprint density at radius 1 is 1.19 bits per heavy atom. The summed E-state index contributed by atoms with van der Waals surface area (Å²) in [6.07, 6.45) is 6.21. The number of rotatable bonds is 4. The summed E-state index contributed by atoms with van der Waals surface area (Å²) in [5, 5.41) is 9.00. The molecule has 0 aliphatic carbocycles. The van der Waals surface area contributed by atoms with Crippen molar-refractivity contribution in [2.45, 2.75) is 64.7 Å². The van der Waals surface area contributed by atoms with Gasteiger partial charge >= 0.3 is 0 Å². The number of aromatic nitrogens is 2. The molecule has 4 heteroatoms. The van der Waals surface area contributed by atoms with Gasteiger partial charge in [-0.2, -0.15) is 5.10 Å². The van der Waals surface area contributed by atoms with E-state index in [-0.39, 0.29) is 0 Å². The zero-order valence-corrected chi connectivity index (χ0v) is 17.2. The molecule has 1 aromatic heterocycles. The summed E-state index contributed by atoms with van der Waals surface area (Å²) >= 11 is 0. The maximum atomic E-state index is 5.27. The van der Waals surface area contributed by atoms with Gasteiger partial charge in [0.15, 0.2) is 0 Å². The molecule has 1 atom stereocenters. The van der Waals surface area contributed by atoms with Gasteiger partial charge in [-0.1, -0.05) is 39.0 Å². The molecule has 2 aliphatic rings. The summed E-state index contributed by atoms with van der Waals surface area (Å²) < 4.78 is 2.23. The molecule has 1 fully saturated rings. The van der Waals surface area contributed by atoms with Crippen LogP contribution in [-0.2, 0) is 6.42 Å². The lowest BCUT2D eigenvalue weighted by Crippen LogP contribution is -2.34. The summed E-state index contributed by atoms with van der Waals surface area (Å²) in [6.45, 7) is 11.4. The molecule has 0 radical (unpaired) electrons. The fourth-order valence-electron chi connectivity index (χ4n) is 4.77. The molecular weight excluding hydrogens is 332 g/mol. The number of benzene rings is 1. The molecular formula is C23H34N4. The standard InChI is InChI=1S/C23H34N4/c1-4-26-15-9-10-18(16-26)22-20-12-7-8-14-24-23(20)27(25-22)21-13-6-5-11-19(21)17(2)3/h5-6,11,13,17-18,24H,4,7-10,12,14-16H2,1-3H3. The van der Waals surface area contributed by atoms with Crippen molar-refractivity contribution in [2.24, 2.45) is 0 Å². The number of anilines is 1. The molecule has 4 rings (SSSR count). The van der Waals surface area contributed by atoms with Gasteiger partial charge in [0.25, 0.3) is 0 Å². The van der Waals surface area contributed by atoms with Crippen molar-refractivity contribution in [1.82, 2.24) is 14.7 Å². The van der Waals surface area contributed by atoms with Crippen LogP contribution in [0.2, 0.25) is 0 Å². The minimum absolute atomic E-state index is 0.487. The number of fused-ring (bicyclic) bond motifs is 1. The number of piperidine rings is 1. The van der Waals surface area contributed by atoms with Crippen molar-refractivity contribution in [2.75, 3.05) is 31.5 Å². The number of para-hydroxylation sites is 1. The van der Waals surface area contributed by atoms with E-state index in [1.165, 1.54) is 60.6 Å². The molecule has 2 aromatic rings. The minimum atomic E-state index is 0.487. The first-order valence-corrected chi connectivity index (χ1v) is 10.9. The van der Waals surface area contributed by atoms with E-state index in [1.54, 1.807) is 0 Å². The smallest absolute Gasteiger partial charge is 0.133 e. The maximum absolute atomic E-state index is 5.27. The zero-order chi connectivity index (χ0) is 18.8. The number of nitrogens with zero attached hydrogens (tertiary/aromatic N) is 3. The van der Waals surface area contributed by atoms with Gasteiger partial charge in [-0.15, -0.1) is 0 Å². The Labute approximate surface area is 164 Å². The van der Waals surface area contributed by atoms with Crippen LogP contribution in [0.5, 0.6) is 0 Å². The minimum Gasteiger partial charge on any atom is -0.370 e. The van der Waals surface area contributed by atoms with Gasteiger partial charge in [-0.25, -0.2) is 4.68 Å².